The number of likely N-dealkylation sites (tertiary alicyclic amines) is 1. The van der Waals surface area contributed by atoms with E-state index in [0.29, 0.717) is 19.3 Å². The summed E-state index contributed by atoms with van der Waals surface area (Å²) in [6, 6.07) is 15.7. The van der Waals surface area contributed by atoms with Crippen LogP contribution in [0.4, 0.5) is 0 Å². The Morgan fingerprint density at radius 2 is 1.95 bits per heavy atom. The van der Waals surface area contributed by atoms with Crippen molar-refractivity contribution in [3.05, 3.63) is 48.0 Å². The zero-order chi connectivity index (χ0) is 14.5. The summed E-state index contributed by atoms with van der Waals surface area (Å²) >= 11 is 0. The first-order chi connectivity index (χ1) is 10.4. The molecule has 0 radical (unpaired) electrons. The summed E-state index contributed by atoms with van der Waals surface area (Å²) in [5, 5.41) is 11.5. The third kappa shape index (κ3) is 3.26. The minimum atomic E-state index is 0.104. The summed E-state index contributed by atoms with van der Waals surface area (Å²) in [6.45, 7) is 3.31. The molecule has 0 bridgehead atoms. The Balaban J connectivity index is 1.77. The second-order valence-corrected chi connectivity index (χ2v) is 5.60. The van der Waals surface area contributed by atoms with Gasteiger partial charge in [0.1, 0.15) is 0 Å². The smallest absolute Gasteiger partial charge is 0.0698 e. The van der Waals surface area contributed by atoms with Crippen LogP contribution in [-0.2, 0) is 4.74 Å². The minimum Gasteiger partial charge on any atom is -0.394 e. The number of aliphatic hydroxyl groups excluding tert-OH is 1. The molecule has 0 spiro atoms. The van der Waals surface area contributed by atoms with Crippen molar-refractivity contribution in [2.24, 2.45) is 0 Å². The van der Waals surface area contributed by atoms with Gasteiger partial charge >= 0.3 is 0 Å². The number of hydrogen-bond acceptors (Lipinski definition) is 3. The highest BCUT2D eigenvalue weighted by molar-refractivity contribution is 5.86. The van der Waals surface area contributed by atoms with Crippen LogP contribution in [0.2, 0.25) is 0 Å². The fourth-order valence-corrected chi connectivity index (χ4v) is 3.34. The van der Waals surface area contributed by atoms with Crippen molar-refractivity contribution in [2.75, 3.05) is 32.9 Å². The fraction of sp³-hybridized carbons (Fsp3) is 0.444. The molecule has 1 fully saturated rings. The molecule has 1 aliphatic rings. The van der Waals surface area contributed by atoms with E-state index in [9.17, 15) is 0 Å². The van der Waals surface area contributed by atoms with Crippen molar-refractivity contribution in [3.8, 4) is 0 Å². The van der Waals surface area contributed by atoms with E-state index >= 15 is 0 Å². The molecule has 1 heterocycles. The highest BCUT2D eigenvalue weighted by atomic mass is 16.5. The van der Waals surface area contributed by atoms with Crippen LogP contribution in [-0.4, -0.2) is 42.9 Å². The number of nitrogens with zero attached hydrogens (tertiary/aromatic N) is 1. The molecular weight excluding hydrogens is 262 g/mol. The molecule has 1 unspecified atom stereocenters. The standard InChI is InChI=1S/C18H23NO2/c20-12-14-21-13-11-19-10-4-9-18(19)17-8-3-6-15-5-1-2-7-16(15)17/h1-3,5-8,18,20H,4,9-14H2. The van der Waals surface area contributed by atoms with Gasteiger partial charge in [0, 0.05) is 12.6 Å². The molecule has 2 aromatic carbocycles. The molecular formula is C18H23NO2. The lowest BCUT2D eigenvalue weighted by Crippen LogP contribution is -2.27. The lowest BCUT2D eigenvalue weighted by molar-refractivity contribution is 0.0711. The average molecular weight is 285 g/mol. The first-order valence-electron chi connectivity index (χ1n) is 7.80. The summed E-state index contributed by atoms with van der Waals surface area (Å²) < 4.78 is 5.42. The summed E-state index contributed by atoms with van der Waals surface area (Å²) in [7, 11) is 0. The number of benzene rings is 2. The van der Waals surface area contributed by atoms with Crippen LogP contribution in [0, 0.1) is 0 Å². The molecule has 0 aliphatic carbocycles. The Labute approximate surface area is 126 Å². The topological polar surface area (TPSA) is 32.7 Å². The lowest BCUT2D eigenvalue weighted by atomic mass is 9.97. The number of aliphatic hydroxyl groups is 1. The molecule has 3 rings (SSSR count). The highest BCUT2D eigenvalue weighted by Gasteiger charge is 2.26. The molecule has 21 heavy (non-hydrogen) atoms. The quantitative estimate of drug-likeness (QED) is 0.828. The Hall–Kier alpha value is -1.42. The molecule has 1 saturated heterocycles. The SMILES string of the molecule is OCCOCCN1CCCC1c1cccc2ccccc12. The van der Waals surface area contributed by atoms with Crippen LogP contribution in [0.25, 0.3) is 10.8 Å². The van der Waals surface area contributed by atoms with Crippen LogP contribution in [0.3, 0.4) is 0 Å². The van der Waals surface area contributed by atoms with Gasteiger partial charge in [-0.15, -0.1) is 0 Å². The van der Waals surface area contributed by atoms with Crippen LogP contribution < -0.4 is 0 Å². The largest absolute Gasteiger partial charge is 0.394 e. The van der Waals surface area contributed by atoms with Gasteiger partial charge in [0.15, 0.2) is 0 Å². The predicted octanol–water partition coefficient (Wildman–Crippen LogP) is 2.99. The average Bonchev–Trinajstić information content (AvgIpc) is 2.99. The molecule has 0 aromatic heterocycles. The predicted molar refractivity (Wildman–Crippen MR) is 85.4 cm³/mol. The molecule has 1 atom stereocenters. The number of ether oxygens (including phenoxy) is 1. The van der Waals surface area contributed by atoms with E-state index in [0.717, 1.165) is 13.1 Å². The molecule has 0 amide bonds. The Bertz CT molecular complexity index is 579. The van der Waals surface area contributed by atoms with E-state index in [1.165, 1.54) is 29.2 Å². The number of hydrogen-bond donors (Lipinski definition) is 1. The minimum absolute atomic E-state index is 0.104. The third-order valence-corrected chi connectivity index (χ3v) is 4.30. The van der Waals surface area contributed by atoms with Crippen molar-refractivity contribution in [1.29, 1.82) is 0 Å². The summed E-state index contributed by atoms with van der Waals surface area (Å²) in [6.07, 6.45) is 2.46. The van der Waals surface area contributed by atoms with Crippen LogP contribution in [0.15, 0.2) is 42.5 Å². The van der Waals surface area contributed by atoms with E-state index in [1.54, 1.807) is 0 Å². The molecule has 0 saturated carbocycles. The van der Waals surface area contributed by atoms with Gasteiger partial charge in [0.25, 0.3) is 0 Å². The van der Waals surface area contributed by atoms with Crippen LogP contribution >= 0.6 is 0 Å². The van der Waals surface area contributed by atoms with Crippen molar-refractivity contribution in [2.45, 2.75) is 18.9 Å². The fourth-order valence-electron chi connectivity index (χ4n) is 3.34. The van der Waals surface area contributed by atoms with Gasteiger partial charge in [-0.1, -0.05) is 42.5 Å². The molecule has 2 aromatic rings. The van der Waals surface area contributed by atoms with Gasteiger partial charge in [-0.3, -0.25) is 4.90 Å². The molecule has 112 valence electrons. The van der Waals surface area contributed by atoms with Gasteiger partial charge in [-0.05, 0) is 35.7 Å². The normalized spacial score (nSPS) is 19.4. The Morgan fingerprint density at radius 1 is 1.10 bits per heavy atom. The third-order valence-electron chi connectivity index (χ3n) is 4.30. The maximum absolute atomic E-state index is 8.77. The second-order valence-electron chi connectivity index (χ2n) is 5.60. The summed E-state index contributed by atoms with van der Waals surface area (Å²) in [5.74, 6) is 0. The Morgan fingerprint density at radius 3 is 2.86 bits per heavy atom. The van der Waals surface area contributed by atoms with Gasteiger partial charge in [-0.25, -0.2) is 0 Å². The molecule has 3 heteroatoms. The van der Waals surface area contributed by atoms with Gasteiger partial charge in [0.05, 0.1) is 19.8 Å². The monoisotopic (exact) mass is 285 g/mol. The maximum atomic E-state index is 8.77. The highest BCUT2D eigenvalue weighted by Crippen LogP contribution is 2.35. The van der Waals surface area contributed by atoms with Crippen LogP contribution in [0.1, 0.15) is 24.4 Å². The van der Waals surface area contributed by atoms with Crippen LogP contribution in [0.5, 0.6) is 0 Å². The van der Waals surface area contributed by atoms with E-state index in [2.05, 4.69) is 47.4 Å². The zero-order valence-corrected chi connectivity index (χ0v) is 12.4. The summed E-state index contributed by atoms with van der Waals surface area (Å²) in [5.41, 5.74) is 1.44. The second kappa shape index (κ2) is 7.03. The van der Waals surface area contributed by atoms with E-state index in [-0.39, 0.29) is 6.61 Å². The molecule has 1 aliphatic heterocycles. The number of rotatable bonds is 6. The van der Waals surface area contributed by atoms with Gasteiger partial charge in [0.2, 0.25) is 0 Å². The first kappa shape index (κ1) is 14.5. The van der Waals surface area contributed by atoms with Crippen molar-refractivity contribution < 1.29 is 9.84 Å². The van der Waals surface area contributed by atoms with Gasteiger partial charge in [-0.2, -0.15) is 0 Å². The molecule has 1 N–H and O–H groups in total. The van der Waals surface area contributed by atoms with Crippen molar-refractivity contribution in [1.82, 2.24) is 4.90 Å². The first-order valence-corrected chi connectivity index (χ1v) is 7.80. The van der Waals surface area contributed by atoms with E-state index in [4.69, 9.17) is 9.84 Å². The van der Waals surface area contributed by atoms with E-state index in [1.807, 2.05) is 0 Å². The van der Waals surface area contributed by atoms with E-state index < -0.39 is 0 Å². The van der Waals surface area contributed by atoms with Gasteiger partial charge < -0.3 is 9.84 Å². The number of fused-ring (bicyclic) bond motifs is 1. The van der Waals surface area contributed by atoms with Crippen molar-refractivity contribution in [3.63, 3.8) is 0 Å². The zero-order valence-electron chi connectivity index (χ0n) is 12.4. The Kier molecular flexibility index (Phi) is 4.86. The maximum Gasteiger partial charge on any atom is 0.0698 e. The summed E-state index contributed by atoms with van der Waals surface area (Å²) in [4.78, 5) is 2.51. The molecule has 3 nitrogen and oxygen atoms in total. The van der Waals surface area contributed by atoms with Crippen molar-refractivity contribution >= 4 is 10.8 Å². The lowest BCUT2D eigenvalue weighted by Gasteiger charge is -2.25.